The number of nitrogen functional groups attached to an aromatic ring is 1. The van der Waals surface area contributed by atoms with Crippen LogP contribution in [0.3, 0.4) is 0 Å². The first kappa shape index (κ1) is 24.8. The maximum atomic E-state index is 12.8. The van der Waals surface area contributed by atoms with Gasteiger partial charge in [-0.25, -0.2) is 4.79 Å². The topological polar surface area (TPSA) is 103 Å². The normalized spacial score (nSPS) is 11.1. The van der Waals surface area contributed by atoms with Crippen molar-refractivity contribution in [3.05, 3.63) is 43.0 Å². The predicted octanol–water partition coefficient (Wildman–Crippen LogP) is 3.75. The molecule has 2 rings (SSSR count). The van der Waals surface area contributed by atoms with Gasteiger partial charge in [0.2, 0.25) is 0 Å². The first-order valence-corrected chi connectivity index (χ1v) is 11.3. The summed E-state index contributed by atoms with van der Waals surface area (Å²) >= 11 is 3.61. The van der Waals surface area contributed by atoms with Crippen LogP contribution in [0.15, 0.2) is 26.2 Å². The predicted molar refractivity (Wildman–Crippen MR) is 128 cm³/mol. The summed E-state index contributed by atoms with van der Waals surface area (Å²) in [4.78, 5) is 29.5. The van der Waals surface area contributed by atoms with Gasteiger partial charge in [-0.15, -0.1) is 0 Å². The minimum atomic E-state index is -0.476. The van der Waals surface area contributed by atoms with E-state index in [9.17, 15) is 9.59 Å². The highest BCUT2D eigenvalue weighted by Crippen LogP contribution is 2.38. The molecule has 8 nitrogen and oxygen atoms in total. The van der Waals surface area contributed by atoms with E-state index in [1.807, 2.05) is 24.0 Å². The molecule has 0 radical (unpaired) electrons. The van der Waals surface area contributed by atoms with Crippen molar-refractivity contribution in [3.8, 4) is 11.5 Å². The Bertz CT molecular complexity index is 1000. The number of unbranched alkanes of at least 4 members (excludes halogenated alkanes) is 1. The van der Waals surface area contributed by atoms with Crippen molar-refractivity contribution in [1.29, 1.82) is 0 Å². The monoisotopic (exact) mass is 496 g/mol. The van der Waals surface area contributed by atoms with E-state index in [2.05, 4.69) is 34.8 Å². The molecule has 0 amide bonds. The molecular formula is C22H33BrN4O4. The standard InChI is InChI=1S/C22H33BrN4O4/c1-6-7-11-27-20(24)18(21(28)25-22(27)29)26(12-10-14(2)3)13-15-8-9-16(30-4)19(31-5)17(15)23/h8-9,14H,6-7,10-13,24H2,1-5H3,(H,25,28,29). The number of hydrogen-bond acceptors (Lipinski definition) is 6. The van der Waals surface area contributed by atoms with Gasteiger partial charge in [0, 0.05) is 19.6 Å². The van der Waals surface area contributed by atoms with Gasteiger partial charge in [0.05, 0.1) is 18.7 Å². The molecule has 9 heteroatoms. The van der Waals surface area contributed by atoms with Crippen LogP contribution in [0.4, 0.5) is 11.5 Å². The van der Waals surface area contributed by atoms with Gasteiger partial charge < -0.3 is 20.1 Å². The maximum Gasteiger partial charge on any atom is 0.330 e. The van der Waals surface area contributed by atoms with E-state index < -0.39 is 11.2 Å². The summed E-state index contributed by atoms with van der Waals surface area (Å²) in [5.41, 5.74) is 6.65. The van der Waals surface area contributed by atoms with E-state index in [0.717, 1.165) is 29.3 Å². The number of nitrogens with one attached hydrogen (secondary N) is 1. The third kappa shape index (κ3) is 5.84. The number of nitrogens with two attached hydrogens (primary N) is 1. The quantitative estimate of drug-likeness (QED) is 0.490. The van der Waals surface area contributed by atoms with Gasteiger partial charge in [0.1, 0.15) is 11.5 Å². The Kier molecular flexibility index (Phi) is 9.03. The number of benzene rings is 1. The molecule has 1 aromatic heterocycles. The van der Waals surface area contributed by atoms with Crippen molar-refractivity contribution in [2.24, 2.45) is 5.92 Å². The van der Waals surface area contributed by atoms with Crippen molar-refractivity contribution >= 4 is 27.4 Å². The Morgan fingerprint density at radius 1 is 1.23 bits per heavy atom. The van der Waals surface area contributed by atoms with Crippen molar-refractivity contribution in [2.75, 3.05) is 31.4 Å². The number of halogens is 1. The van der Waals surface area contributed by atoms with Gasteiger partial charge >= 0.3 is 5.69 Å². The number of aromatic nitrogens is 2. The fourth-order valence-electron chi connectivity index (χ4n) is 3.36. The number of aromatic amines is 1. The molecule has 0 aliphatic heterocycles. The molecule has 0 aliphatic rings. The Morgan fingerprint density at radius 2 is 1.94 bits per heavy atom. The largest absolute Gasteiger partial charge is 0.493 e. The lowest BCUT2D eigenvalue weighted by Crippen LogP contribution is -2.39. The summed E-state index contributed by atoms with van der Waals surface area (Å²) in [7, 11) is 3.16. The zero-order valence-electron chi connectivity index (χ0n) is 19.0. The maximum absolute atomic E-state index is 12.8. The van der Waals surface area contributed by atoms with E-state index in [1.165, 1.54) is 4.57 Å². The molecule has 0 unspecified atom stereocenters. The number of ether oxygens (including phenoxy) is 2. The second-order valence-corrected chi connectivity index (χ2v) is 8.67. The molecule has 0 saturated carbocycles. The average molecular weight is 497 g/mol. The van der Waals surface area contributed by atoms with Crippen LogP contribution >= 0.6 is 15.9 Å². The van der Waals surface area contributed by atoms with Crippen molar-refractivity contribution < 1.29 is 9.47 Å². The van der Waals surface area contributed by atoms with Gasteiger partial charge in [0.25, 0.3) is 5.56 Å². The van der Waals surface area contributed by atoms with E-state index in [0.29, 0.717) is 42.7 Å². The molecule has 2 aromatic rings. The summed E-state index contributed by atoms with van der Waals surface area (Å²) in [6.45, 7) is 7.77. The lowest BCUT2D eigenvalue weighted by atomic mass is 10.1. The fourth-order valence-corrected chi connectivity index (χ4v) is 3.98. The first-order valence-electron chi connectivity index (χ1n) is 10.5. The average Bonchev–Trinajstić information content (AvgIpc) is 2.72. The van der Waals surface area contributed by atoms with Crippen molar-refractivity contribution in [3.63, 3.8) is 0 Å². The van der Waals surface area contributed by atoms with Gasteiger partial charge in [-0.2, -0.15) is 0 Å². The van der Waals surface area contributed by atoms with Crippen LogP contribution in [0, 0.1) is 5.92 Å². The molecule has 172 valence electrons. The number of anilines is 2. The van der Waals surface area contributed by atoms with E-state index in [4.69, 9.17) is 15.2 Å². The van der Waals surface area contributed by atoms with Crippen LogP contribution in [-0.2, 0) is 13.1 Å². The van der Waals surface area contributed by atoms with Crippen LogP contribution in [0.1, 0.15) is 45.6 Å². The van der Waals surface area contributed by atoms with Crippen LogP contribution in [0.5, 0.6) is 11.5 Å². The Labute approximate surface area is 191 Å². The zero-order valence-corrected chi connectivity index (χ0v) is 20.5. The van der Waals surface area contributed by atoms with Gasteiger partial charge in [-0.3, -0.25) is 14.3 Å². The summed E-state index contributed by atoms with van der Waals surface area (Å²) in [5.74, 6) is 1.82. The van der Waals surface area contributed by atoms with E-state index in [1.54, 1.807) is 14.2 Å². The van der Waals surface area contributed by atoms with Crippen molar-refractivity contribution in [1.82, 2.24) is 9.55 Å². The van der Waals surface area contributed by atoms with Gasteiger partial charge in [-0.05, 0) is 46.3 Å². The number of nitrogens with zero attached hydrogens (tertiary/aromatic N) is 2. The SMILES string of the molecule is CCCCn1c(N)c(N(CCC(C)C)Cc2ccc(OC)c(OC)c2Br)c(=O)[nH]c1=O. The van der Waals surface area contributed by atoms with Gasteiger partial charge in [-0.1, -0.05) is 33.3 Å². The number of H-pyrrole nitrogens is 1. The second kappa shape index (κ2) is 11.3. The molecule has 1 aromatic carbocycles. The summed E-state index contributed by atoms with van der Waals surface area (Å²) in [5, 5.41) is 0. The number of hydrogen-bond donors (Lipinski definition) is 2. The second-order valence-electron chi connectivity index (χ2n) is 7.88. The minimum Gasteiger partial charge on any atom is -0.493 e. The molecule has 0 fully saturated rings. The molecule has 0 bridgehead atoms. The van der Waals surface area contributed by atoms with Crippen LogP contribution in [0.2, 0.25) is 0 Å². The smallest absolute Gasteiger partial charge is 0.330 e. The molecule has 31 heavy (non-hydrogen) atoms. The minimum absolute atomic E-state index is 0.197. The number of methoxy groups -OCH3 is 2. The Balaban J connectivity index is 2.56. The molecular weight excluding hydrogens is 464 g/mol. The highest BCUT2D eigenvalue weighted by Gasteiger charge is 2.22. The third-order valence-electron chi connectivity index (χ3n) is 5.17. The van der Waals surface area contributed by atoms with Crippen LogP contribution in [-0.4, -0.2) is 30.3 Å². The molecule has 3 N–H and O–H groups in total. The first-order chi connectivity index (χ1) is 14.7. The summed E-state index contributed by atoms with van der Waals surface area (Å²) in [6.07, 6.45) is 2.57. The lowest BCUT2D eigenvalue weighted by Gasteiger charge is -2.28. The highest BCUT2D eigenvalue weighted by atomic mass is 79.9. The molecule has 0 spiro atoms. The third-order valence-corrected chi connectivity index (χ3v) is 6.04. The van der Waals surface area contributed by atoms with Crippen LogP contribution < -0.4 is 31.4 Å². The van der Waals surface area contributed by atoms with E-state index in [-0.39, 0.29) is 5.82 Å². The molecule has 0 aliphatic carbocycles. The Hall–Kier alpha value is -2.42. The van der Waals surface area contributed by atoms with Crippen LogP contribution in [0.25, 0.3) is 0 Å². The van der Waals surface area contributed by atoms with Gasteiger partial charge in [0.15, 0.2) is 11.5 Å². The molecule has 0 atom stereocenters. The molecule has 0 saturated heterocycles. The summed E-state index contributed by atoms with van der Waals surface area (Å²) < 4.78 is 13.1. The highest BCUT2D eigenvalue weighted by molar-refractivity contribution is 9.10. The Morgan fingerprint density at radius 3 is 2.52 bits per heavy atom. The zero-order chi connectivity index (χ0) is 23.1. The van der Waals surface area contributed by atoms with Crippen molar-refractivity contribution in [2.45, 2.75) is 53.1 Å². The summed E-state index contributed by atoms with van der Waals surface area (Å²) in [6, 6.07) is 3.75. The number of rotatable bonds is 11. The van der Waals surface area contributed by atoms with E-state index >= 15 is 0 Å². The lowest BCUT2D eigenvalue weighted by molar-refractivity contribution is 0.352. The molecule has 1 heterocycles. The fraction of sp³-hybridized carbons (Fsp3) is 0.545.